The lowest BCUT2D eigenvalue weighted by molar-refractivity contribution is -0.890. The maximum atomic E-state index is 14.6. The zero-order valence-electron chi connectivity index (χ0n) is 34.1. The highest BCUT2D eigenvalue weighted by atomic mass is 19.4. The third kappa shape index (κ3) is 15.5. The van der Waals surface area contributed by atoms with Crippen LogP contribution in [0.25, 0.3) is 11.3 Å². The Morgan fingerprint density at radius 3 is 1.20 bits per heavy atom. The summed E-state index contributed by atoms with van der Waals surface area (Å²) in [6.07, 6.45) is -44.0. The smallest absolute Gasteiger partial charge is 0.490 e. The van der Waals surface area contributed by atoms with E-state index in [1.54, 1.807) is 6.07 Å². The van der Waals surface area contributed by atoms with Gasteiger partial charge in [-0.05, 0) is 61.5 Å². The molecular formula is C40H22BF24NO5. The molecule has 0 saturated carbocycles. The van der Waals surface area contributed by atoms with Crippen molar-refractivity contribution in [1.29, 1.82) is 0 Å². The van der Waals surface area contributed by atoms with Crippen molar-refractivity contribution in [3.63, 3.8) is 0 Å². The first-order chi connectivity index (χ1) is 32.1. The van der Waals surface area contributed by atoms with E-state index in [1.165, 1.54) is 0 Å². The molecule has 0 saturated heterocycles. The highest BCUT2D eigenvalue weighted by molar-refractivity contribution is 6.39. The van der Waals surface area contributed by atoms with E-state index in [0.29, 0.717) is 16.9 Å². The standard InChI is InChI=1S/C32H19BF18NO5.C8H3F6/c1-15(14-53)57-52-5-3-2-4-24(52)26-23(32(49,50)51)12-20(31(46,47)48)13-25(26)56-33(54-21-8-16(27(34,35)36)6-17(9-21)28(37,38)39)55-22-10-18(29(40,41)42)7-19(11-22)30(43,44)45;9-7(10,11)5-2-1-3-6(4-5)8(12,13)14/h2-13,15,53H,14H2,1H3;2-4H/q+1;-1. The van der Waals surface area contributed by atoms with Crippen LogP contribution in [0.2, 0.25) is 0 Å². The molecule has 1 unspecified atom stereocenters. The van der Waals surface area contributed by atoms with Gasteiger partial charge in [0.2, 0.25) is 6.20 Å². The molecule has 0 aliphatic rings. The fourth-order valence-corrected chi connectivity index (χ4v) is 5.49. The summed E-state index contributed by atoms with van der Waals surface area (Å²) in [7, 11) is -3.39. The predicted molar refractivity (Wildman–Crippen MR) is 191 cm³/mol. The van der Waals surface area contributed by atoms with Gasteiger partial charge in [-0.25, -0.2) is 0 Å². The summed E-state index contributed by atoms with van der Waals surface area (Å²) in [6.45, 7) is 0.340. The third-order valence-electron chi connectivity index (χ3n) is 8.62. The quantitative estimate of drug-likeness (QED) is 0.0654. The molecule has 0 amide bonds. The summed E-state index contributed by atoms with van der Waals surface area (Å²) in [5, 5.41) is 9.42. The zero-order valence-corrected chi connectivity index (χ0v) is 34.1. The van der Waals surface area contributed by atoms with E-state index in [1.807, 2.05) is 0 Å². The summed E-state index contributed by atoms with van der Waals surface area (Å²) in [4.78, 5) is 5.28. The Balaban J connectivity index is 0.000000671. The largest absolute Gasteiger partial charge is 0.864 e. The van der Waals surface area contributed by atoms with Crippen molar-refractivity contribution in [1.82, 2.24) is 0 Å². The predicted octanol–water partition coefficient (Wildman–Crippen LogP) is 13.6. The van der Waals surface area contributed by atoms with Crippen LogP contribution in [-0.4, -0.2) is 25.1 Å². The molecule has 5 aromatic rings. The molecule has 1 heterocycles. The monoisotopic (exact) mass is 1060 g/mol. The first kappa shape index (κ1) is 57.2. The number of hydrogen-bond donors (Lipinski definition) is 1. The van der Waals surface area contributed by atoms with Crippen LogP contribution in [0.3, 0.4) is 0 Å². The van der Waals surface area contributed by atoms with Crippen LogP contribution in [-0.2, 0) is 49.4 Å². The second kappa shape index (κ2) is 20.4. The fourth-order valence-electron chi connectivity index (χ4n) is 5.49. The molecule has 1 N–H and O–H groups in total. The molecule has 388 valence electrons. The number of benzene rings is 4. The van der Waals surface area contributed by atoms with E-state index in [2.05, 4.69) is 0 Å². The number of aromatic nitrogens is 1. The summed E-state index contributed by atoms with van der Waals surface area (Å²) < 4.78 is 337. The van der Waals surface area contributed by atoms with Crippen molar-refractivity contribution < 1.29 is 134 Å². The number of aliphatic hydroxyl groups excluding tert-OH is 1. The van der Waals surface area contributed by atoms with E-state index in [0.717, 1.165) is 31.3 Å². The Morgan fingerprint density at radius 2 is 0.845 bits per heavy atom. The van der Waals surface area contributed by atoms with Crippen LogP contribution >= 0.6 is 0 Å². The van der Waals surface area contributed by atoms with Gasteiger partial charge in [-0.1, -0.05) is 11.1 Å². The maximum absolute atomic E-state index is 14.6. The number of hydrogen-bond acceptors (Lipinski definition) is 5. The number of aliphatic hydroxyl groups is 1. The molecule has 71 heavy (non-hydrogen) atoms. The van der Waals surface area contributed by atoms with E-state index in [-0.39, 0.29) is 36.4 Å². The van der Waals surface area contributed by atoms with Gasteiger partial charge in [0.15, 0.2) is 6.10 Å². The number of pyridine rings is 1. The zero-order chi connectivity index (χ0) is 54.1. The minimum Gasteiger partial charge on any atom is -0.490 e. The van der Waals surface area contributed by atoms with Crippen LogP contribution in [0.1, 0.15) is 51.4 Å². The Hall–Kier alpha value is -6.43. The van der Waals surface area contributed by atoms with Gasteiger partial charge in [-0.2, -0.15) is 124 Å². The van der Waals surface area contributed by atoms with Gasteiger partial charge in [0, 0.05) is 16.9 Å². The molecule has 0 spiro atoms. The molecule has 0 radical (unpaired) electrons. The summed E-state index contributed by atoms with van der Waals surface area (Å²) in [5.41, 5.74) is -18.1. The third-order valence-corrected chi connectivity index (χ3v) is 8.62. The Morgan fingerprint density at radius 1 is 0.479 bits per heavy atom. The number of nitrogens with zero attached hydrogens (tertiary/aromatic N) is 1. The molecule has 0 aliphatic heterocycles. The minimum absolute atomic E-state index is 0.0521. The van der Waals surface area contributed by atoms with Gasteiger partial charge < -0.3 is 19.1 Å². The van der Waals surface area contributed by atoms with Crippen LogP contribution in [0, 0.1) is 6.07 Å². The molecule has 0 bridgehead atoms. The fraction of sp³-hybridized carbons (Fsp3) is 0.275. The van der Waals surface area contributed by atoms with Crippen molar-refractivity contribution in [2.45, 2.75) is 62.4 Å². The van der Waals surface area contributed by atoms with E-state index in [9.17, 15) is 110 Å². The first-order valence-corrected chi connectivity index (χ1v) is 18.4. The van der Waals surface area contributed by atoms with Gasteiger partial charge in [0.25, 0.3) is 5.69 Å². The maximum Gasteiger partial charge on any atom is 0.864 e. The van der Waals surface area contributed by atoms with E-state index in [4.69, 9.17) is 18.8 Å². The Labute approximate surface area is 380 Å². The second-order valence-electron chi connectivity index (χ2n) is 14.0. The van der Waals surface area contributed by atoms with E-state index >= 15 is 0 Å². The van der Waals surface area contributed by atoms with Crippen molar-refractivity contribution in [2.75, 3.05) is 6.61 Å². The van der Waals surface area contributed by atoms with Crippen molar-refractivity contribution >= 4 is 7.32 Å². The summed E-state index contributed by atoms with van der Waals surface area (Å²) in [6, 6.07) is 3.07. The van der Waals surface area contributed by atoms with Crippen LogP contribution < -0.4 is 23.5 Å². The SMILES string of the molecule is CC(CO)O[n+]1ccccc1-c1c(OB(Oc2cc(C(F)(F)F)cc(C(F)(F)F)c2)Oc2cc(C(F)(F)F)cc(C(F)(F)F)c2)cc(C(F)(F)F)cc1C(F)(F)F.FC(F)(F)c1c[c-]cc(C(F)(F)F)c1. The molecule has 0 aliphatic carbocycles. The highest BCUT2D eigenvalue weighted by Crippen LogP contribution is 2.47. The lowest BCUT2D eigenvalue weighted by atomic mass is 9.97. The van der Waals surface area contributed by atoms with Crippen molar-refractivity contribution in [2.24, 2.45) is 0 Å². The van der Waals surface area contributed by atoms with E-state index < -0.39 is 161 Å². The first-order valence-electron chi connectivity index (χ1n) is 18.4. The number of alkyl halides is 24. The van der Waals surface area contributed by atoms with Crippen LogP contribution in [0.15, 0.2) is 91.1 Å². The summed E-state index contributed by atoms with van der Waals surface area (Å²) in [5.74, 6) is -5.05. The Bertz CT molecular complexity index is 2460. The second-order valence-corrected chi connectivity index (χ2v) is 14.0. The molecule has 1 atom stereocenters. The van der Waals surface area contributed by atoms with Crippen molar-refractivity contribution in [3.05, 3.63) is 142 Å². The lowest BCUT2D eigenvalue weighted by Gasteiger charge is -2.23. The Kier molecular flexibility index (Phi) is 16.4. The number of halogens is 24. The van der Waals surface area contributed by atoms with Crippen molar-refractivity contribution in [3.8, 4) is 28.5 Å². The normalized spacial score (nSPS) is 13.5. The molecule has 4 aromatic carbocycles. The average molecular weight is 1060 g/mol. The topological polar surface area (TPSA) is 61.0 Å². The minimum atomic E-state index is -5.80. The molecule has 5 rings (SSSR count). The number of rotatable bonds is 10. The van der Waals surface area contributed by atoms with Gasteiger partial charge in [-0.15, -0.1) is 6.07 Å². The molecule has 6 nitrogen and oxygen atoms in total. The van der Waals surface area contributed by atoms with Gasteiger partial charge in [0.05, 0.1) is 40.0 Å². The van der Waals surface area contributed by atoms with Crippen LogP contribution in [0.5, 0.6) is 17.2 Å². The molecule has 0 fully saturated rings. The molecule has 1 aromatic heterocycles. The average Bonchev–Trinajstić information content (AvgIpc) is 3.21. The van der Waals surface area contributed by atoms with Gasteiger partial charge in [-0.3, -0.25) is 4.84 Å². The lowest BCUT2D eigenvalue weighted by Crippen LogP contribution is -2.49. The van der Waals surface area contributed by atoms with Crippen LogP contribution in [0.4, 0.5) is 105 Å². The summed E-state index contributed by atoms with van der Waals surface area (Å²) >= 11 is 0. The van der Waals surface area contributed by atoms with Gasteiger partial charge in [0.1, 0.15) is 22.8 Å². The molecular weight excluding hydrogens is 1040 g/mol. The highest BCUT2D eigenvalue weighted by Gasteiger charge is 2.46. The molecule has 31 heteroatoms. The van der Waals surface area contributed by atoms with Gasteiger partial charge >= 0.3 is 56.7 Å².